The number of rotatable bonds is 12. The molecule has 0 saturated heterocycles. The SMILES string of the molecule is CCCCCCC(=O)N(CCCCCC)CC(=O)N1CCc2ccccc2C1C. The van der Waals surface area contributed by atoms with Crippen LogP contribution in [0.4, 0.5) is 0 Å². The maximum atomic E-state index is 13.1. The Bertz CT molecular complexity index is 643. The van der Waals surface area contributed by atoms with Crippen molar-refractivity contribution >= 4 is 11.8 Å². The summed E-state index contributed by atoms with van der Waals surface area (Å²) < 4.78 is 0. The van der Waals surface area contributed by atoms with Crippen LogP contribution >= 0.6 is 0 Å². The number of fused-ring (bicyclic) bond motifs is 1. The van der Waals surface area contributed by atoms with Crippen LogP contribution in [-0.4, -0.2) is 41.2 Å². The summed E-state index contributed by atoms with van der Waals surface area (Å²) in [4.78, 5) is 29.7. The normalized spacial score (nSPS) is 15.8. The topological polar surface area (TPSA) is 40.6 Å². The molecular weight excluding hydrogens is 360 g/mol. The third kappa shape index (κ3) is 7.17. The van der Waals surface area contributed by atoms with Crippen molar-refractivity contribution in [3.8, 4) is 0 Å². The van der Waals surface area contributed by atoms with E-state index in [9.17, 15) is 9.59 Å². The fraction of sp³-hybridized carbons (Fsp3) is 0.680. The molecule has 1 heterocycles. The summed E-state index contributed by atoms with van der Waals surface area (Å²) in [6.45, 7) is 8.15. The zero-order valence-electron chi connectivity index (χ0n) is 18.8. The van der Waals surface area contributed by atoms with Crippen LogP contribution in [0, 0.1) is 0 Å². The Morgan fingerprint density at radius 2 is 1.69 bits per heavy atom. The van der Waals surface area contributed by atoms with Crippen molar-refractivity contribution < 1.29 is 9.59 Å². The van der Waals surface area contributed by atoms with Crippen molar-refractivity contribution in [3.05, 3.63) is 35.4 Å². The summed E-state index contributed by atoms with van der Waals surface area (Å²) in [6, 6.07) is 8.48. The Balaban J connectivity index is 1.96. The molecule has 1 aliphatic rings. The lowest BCUT2D eigenvalue weighted by molar-refractivity contribution is -0.142. The van der Waals surface area contributed by atoms with Gasteiger partial charge < -0.3 is 9.80 Å². The van der Waals surface area contributed by atoms with E-state index in [-0.39, 0.29) is 24.4 Å². The van der Waals surface area contributed by atoms with Crippen LogP contribution in [0.2, 0.25) is 0 Å². The van der Waals surface area contributed by atoms with Crippen LogP contribution < -0.4 is 0 Å². The van der Waals surface area contributed by atoms with Gasteiger partial charge in [-0.1, -0.05) is 76.6 Å². The number of nitrogens with zero attached hydrogens (tertiary/aromatic N) is 2. The quantitative estimate of drug-likeness (QED) is 0.434. The van der Waals surface area contributed by atoms with E-state index < -0.39 is 0 Å². The van der Waals surface area contributed by atoms with E-state index >= 15 is 0 Å². The molecule has 4 heteroatoms. The van der Waals surface area contributed by atoms with Gasteiger partial charge in [-0.3, -0.25) is 9.59 Å². The third-order valence-electron chi connectivity index (χ3n) is 6.12. The first-order valence-electron chi connectivity index (χ1n) is 11.7. The Labute approximate surface area is 177 Å². The predicted molar refractivity (Wildman–Crippen MR) is 120 cm³/mol. The van der Waals surface area contributed by atoms with Gasteiger partial charge in [-0.15, -0.1) is 0 Å². The van der Waals surface area contributed by atoms with Crippen LogP contribution in [0.25, 0.3) is 0 Å². The first-order valence-corrected chi connectivity index (χ1v) is 11.7. The van der Waals surface area contributed by atoms with E-state index in [2.05, 4.69) is 39.0 Å². The second-order valence-electron chi connectivity index (χ2n) is 8.40. The number of benzene rings is 1. The molecule has 0 bridgehead atoms. The molecule has 162 valence electrons. The molecule has 0 spiro atoms. The zero-order valence-corrected chi connectivity index (χ0v) is 18.8. The molecule has 0 fully saturated rings. The second-order valence-corrected chi connectivity index (χ2v) is 8.40. The molecular formula is C25H40N2O2. The van der Waals surface area contributed by atoms with Gasteiger partial charge in [-0.25, -0.2) is 0 Å². The minimum atomic E-state index is 0.0778. The van der Waals surface area contributed by atoms with Gasteiger partial charge in [-0.2, -0.15) is 0 Å². The maximum absolute atomic E-state index is 13.1. The highest BCUT2D eigenvalue weighted by molar-refractivity contribution is 5.85. The number of carbonyl (C=O) groups is 2. The number of carbonyl (C=O) groups excluding carboxylic acids is 2. The lowest BCUT2D eigenvalue weighted by atomic mass is 9.93. The van der Waals surface area contributed by atoms with Gasteiger partial charge in [0.15, 0.2) is 0 Å². The van der Waals surface area contributed by atoms with Crippen LogP contribution in [0.1, 0.15) is 95.7 Å². The van der Waals surface area contributed by atoms with E-state index in [0.29, 0.717) is 13.0 Å². The van der Waals surface area contributed by atoms with Crippen LogP contribution in [0.15, 0.2) is 24.3 Å². The summed E-state index contributed by atoms with van der Waals surface area (Å²) in [6.07, 6.45) is 10.3. The summed E-state index contributed by atoms with van der Waals surface area (Å²) in [5.41, 5.74) is 2.58. The molecule has 2 amide bonds. The van der Waals surface area contributed by atoms with E-state index in [1.165, 1.54) is 36.8 Å². The summed E-state index contributed by atoms with van der Waals surface area (Å²) >= 11 is 0. The molecule has 1 aromatic carbocycles. The Morgan fingerprint density at radius 3 is 2.41 bits per heavy atom. The van der Waals surface area contributed by atoms with E-state index in [1.54, 1.807) is 0 Å². The van der Waals surface area contributed by atoms with Crippen molar-refractivity contribution in [2.24, 2.45) is 0 Å². The van der Waals surface area contributed by atoms with Gasteiger partial charge in [-0.05, 0) is 37.3 Å². The van der Waals surface area contributed by atoms with Crippen LogP contribution in [0.5, 0.6) is 0 Å². The number of hydrogen-bond acceptors (Lipinski definition) is 2. The van der Waals surface area contributed by atoms with Gasteiger partial charge in [0, 0.05) is 19.5 Å². The Morgan fingerprint density at radius 1 is 1.00 bits per heavy atom. The van der Waals surface area contributed by atoms with Crippen molar-refractivity contribution in [2.75, 3.05) is 19.6 Å². The zero-order chi connectivity index (χ0) is 21.1. The summed E-state index contributed by atoms with van der Waals surface area (Å²) in [5.74, 6) is 0.236. The molecule has 0 aromatic heterocycles. The largest absolute Gasteiger partial charge is 0.334 e. The van der Waals surface area contributed by atoms with E-state index in [0.717, 1.165) is 38.6 Å². The molecule has 0 aliphatic carbocycles. The molecule has 4 nitrogen and oxygen atoms in total. The third-order valence-corrected chi connectivity index (χ3v) is 6.12. The average Bonchev–Trinajstić information content (AvgIpc) is 2.73. The first-order chi connectivity index (χ1) is 14.1. The average molecular weight is 401 g/mol. The van der Waals surface area contributed by atoms with Gasteiger partial charge in [0.2, 0.25) is 11.8 Å². The lowest BCUT2D eigenvalue weighted by Gasteiger charge is -2.36. The molecule has 29 heavy (non-hydrogen) atoms. The van der Waals surface area contributed by atoms with Crippen molar-refractivity contribution in [2.45, 2.75) is 91.0 Å². The van der Waals surface area contributed by atoms with Crippen molar-refractivity contribution in [3.63, 3.8) is 0 Å². The molecule has 2 rings (SSSR count). The van der Waals surface area contributed by atoms with Crippen molar-refractivity contribution in [1.82, 2.24) is 9.80 Å². The van der Waals surface area contributed by atoms with Crippen LogP contribution in [0.3, 0.4) is 0 Å². The second kappa shape index (κ2) is 12.7. The minimum absolute atomic E-state index is 0.0778. The highest BCUT2D eigenvalue weighted by Gasteiger charge is 2.29. The minimum Gasteiger partial charge on any atom is -0.334 e. The van der Waals surface area contributed by atoms with Crippen LogP contribution in [-0.2, 0) is 16.0 Å². The van der Waals surface area contributed by atoms with Gasteiger partial charge >= 0.3 is 0 Å². The first kappa shape index (κ1) is 23.4. The van der Waals surface area contributed by atoms with E-state index in [1.807, 2.05) is 15.9 Å². The fourth-order valence-electron chi connectivity index (χ4n) is 4.25. The van der Waals surface area contributed by atoms with E-state index in [4.69, 9.17) is 0 Å². The fourth-order valence-corrected chi connectivity index (χ4v) is 4.25. The molecule has 0 radical (unpaired) electrons. The standard InChI is InChI=1S/C25H40N2O2/c1-4-6-8-10-16-24(28)26(18-13-9-7-5-2)20-25(29)27-19-17-22-14-11-12-15-23(22)21(27)3/h11-12,14-15,21H,4-10,13,16-20H2,1-3H3. The molecule has 0 saturated carbocycles. The number of amides is 2. The maximum Gasteiger partial charge on any atom is 0.242 e. The smallest absolute Gasteiger partial charge is 0.242 e. The monoisotopic (exact) mass is 400 g/mol. The van der Waals surface area contributed by atoms with Gasteiger partial charge in [0.05, 0.1) is 12.6 Å². The Kier molecular flexibility index (Phi) is 10.2. The summed E-state index contributed by atoms with van der Waals surface area (Å²) in [5, 5.41) is 0. The lowest BCUT2D eigenvalue weighted by Crippen LogP contribution is -2.46. The highest BCUT2D eigenvalue weighted by atomic mass is 16.2. The Hall–Kier alpha value is -1.84. The van der Waals surface area contributed by atoms with Crippen molar-refractivity contribution in [1.29, 1.82) is 0 Å². The van der Waals surface area contributed by atoms with Gasteiger partial charge in [0.25, 0.3) is 0 Å². The molecule has 1 unspecified atom stereocenters. The molecule has 1 aromatic rings. The number of hydrogen-bond donors (Lipinski definition) is 0. The number of unbranched alkanes of at least 4 members (excludes halogenated alkanes) is 6. The predicted octanol–water partition coefficient (Wildman–Crippen LogP) is 5.51. The summed E-state index contributed by atoms with van der Waals surface area (Å²) in [7, 11) is 0. The molecule has 0 N–H and O–H groups in total. The highest BCUT2D eigenvalue weighted by Crippen LogP contribution is 2.29. The van der Waals surface area contributed by atoms with Gasteiger partial charge in [0.1, 0.15) is 0 Å². The molecule has 1 atom stereocenters. The molecule has 1 aliphatic heterocycles.